The number of para-hydroxylation sites is 2. The van der Waals surface area contributed by atoms with Gasteiger partial charge in [-0.3, -0.25) is 4.98 Å². The molecule has 0 bridgehead atoms. The summed E-state index contributed by atoms with van der Waals surface area (Å²) < 4.78 is 7.12. The average molecular weight is 607 g/mol. The van der Waals surface area contributed by atoms with Gasteiger partial charge in [0.15, 0.2) is 0 Å². The quantitative estimate of drug-likeness (QED) is 0.186. The first-order chi connectivity index (χ1) is 23.1. The Labute approximate surface area is 275 Å². The zero-order chi connectivity index (χ0) is 31.5. The summed E-state index contributed by atoms with van der Waals surface area (Å²) in [5.74, 6) is 1.86. The first-order valence-corrected chi connectivity index (χ1v) is 16.4. The van der Waals surface area contributed by atoms with Gasteiger partial charge in [-0.15, -0.1) is 0 Å². The minimum atomic E-state index is -0.0929. The van der Waals surface area contributed by atoms with E-state index >= 15 is 0 Å². The van der Waals surface area contributed by atoms with Crippen LogP contribution in [0, 0.1) is 0 Å². The Kier molecular flexibility index (Phi) is 6.29. The van der Waals surface area contributed by atoms with Gasteiger partial charge in [0.1, 0.15) is 11.5 Å². The predicted molar refractivity (Wildman–Crippen MR) is 195 cm³/mol. The SMILES string of the molecule is CC1(C)C2=C(C=C(Oc3c4ccccc4c(-c4cccc5ccccc45)c4cnccc34)CC2)N(c2ccccc2)c2ccccc21. The van der Waals surface area contributed by atoms with Gasteiger partial charge in [-0.2, -0.15) is 0 Å². The number of ether oxygens (including phenoxy) is 1. The molecule has 3 heteroatoms. The highest BCUT2D eigenvalue weighted by molar-refractivity contribution is 6.19. The summed E-state index contributed by atoms with van der Waals surface area (Å²) in [7, 11) is 0. The lowest BCUT2D eigenvalue weighted by Crippen LogP contribution is -2.35. The lowest BCUT2D eigenvalue weighted by Gasteiger charge is -2.44. The molecule has 0 amide bonds. The molecule has 3 nitrogen and oxygen atoms in total. The molecular formula is C44H34N2O. The number of aromatic nitrogens is 1. The third kappa shape index (κ3) is 4.30. The van der Waals surface area contributed by atoms with E-state index in [-0.39, 0.29) is 5.41 Å². The van der Waals surface area contributed by atoms with E-state index in [1.807, 2.05) is 12.4 Å². The van der Waals surface area contributed by atoms with Crippen molar-refractivity contribution < 1.29 is 4.74 Å². The molecule has 0 atom stereocenters. The summed E-state index contributed by atoms with van der Waals surface area (Å²) in [4.78, 5) is 7.04. The molecule has 0 radical (unpaired) electrons. The van der Waals surface area contributed by atoms with Crippen LogP contribution in [-0.4, -0.2) is 4.98 Å². The van der Waals surface area contributed by atoms with Crippen LogP contribution in [0.1, 0.15) is 32.3 Å². The number of anilines is 2. The second kappa shape index (κ2) is 10.7. The fourth-order valence-corrected chi connectivity index (χ4v) is 7.90. The normalized spacial score (nSPS) is 15.4. The molecule has 226 valence electrons. The second-order valence-corrected chi connectivity index (χ2v) is 13.1. The van der Waals surface area contributed by atoms with Crippen LogP contribution in [0.4, 0.5) is 11.4 Å². The van der Waals surface area contributed by atoms with Crippen molar-refractivity contribution >= 4 is 43.7 Å². The zero-order valence-electron chi connectivity index (χ0n) is 26.6. The van der Waals surface area contributed by atoms with Gasteiger partial charge in [-0.1, -0.05) is 117 Å². The smallest absolute Gasteiger partial charge is 0.142 e. The van der Waals surface area contributed by atoms with Crippen molar-refractivity contribution in [1.29, 1.82) is 0 Å². The number of allylic oxidation sites excluding steroid dienone is 3. The fourth-order valence-electron chi connectivity index (χ4n) is 7.90. The van der Waals surface area contributed by atoms with Crippen molar-refractivity contribution in [3.05, 3.63) is 168 Å². The summed E-state index contributed by atoms with van der Waals surface area (Å²) in [6, 6.07) is 45.5. The molecule has 2 heterocycles. The minimum Gasteiger partial charge on any atom is -0.460 e. The number of nitrogens with zero attached hydrogens (tertiary/aromatic N) is 2. The topological polar surface area (TPSA) is 25.4 Å². The van der Waals surface area contributed by atoms with Crippen LogP contribution < -0.4 is 9.64 Å². The molecule has 1 aliphatic heterocycles. The molecule has 6 aromatic carbocycles. The summed E-state index contributed by atoms with van der Waals surface area (Å²) >= 11 is 0. The Balaban J connectivity index is 1.24. The molecule has 0 unspecified atom stereocenters. The van der Waals surface area contributed by atoms with Crippen LogP contribution in [0.25, 0.3) is 43.4 Å². The van der Waals surface area contributed by atoms with Gasteiger partial charge in [0.25, 0.3) is 0 Å². The summed E-state index contributed by atoms with van der Waals surface area (Å²) in [5.41, 5.74) is 8.69. The summed E-state index contributed by atoms with van der Waals surface area (Å²) in [5, 5.41) is 6.87. The predicted octanol–water partition coefficient (Wildman–Crippen LogP) is 11.6. The molecule has 0 spiro atoms. The van der Waals surface area contributed by atoms with E-state index in [4.69, 9.17) is 4.74 Å². The van der Waals surface area contributed by atoms with Crippen molar-refractivity contribution in [3.63, 3.8) is 0 Å². The van der Waals surface area contributed by atoms with Gasteiger partial charge < -0.3 is 9.64 Å². The van der Waals surface area contributed by atoms with E-state index in [0.29, 0.717) is 0 Å². The molecule has 0 fully saturated rings. The first-order valence-electron chi connectivity index (χ1n) is 16.4. The van der Waals surface area contributed by atoms with E-state index in [1.165, 1.54) is 44.4 Å². The van der Waals surface area contributed by atoms with Crippen LogP contribution in [0.3, 0.4) is 0 Å². The number of fused-ring (bicyclic) bond motifs is 4. The Bertz CT molecular complexity index is 2360. The van der Waals surface area contributed by atoms with Crippen LogP contribution >= 0.6 is 0 Å². The largest absolute Gasteiger partial charge is 0.460 e. The highest BCUT2D eigenvalue weighted by Crippen LogP contribution is 2.52. The van der Waals surface area contributed by atoms with Crippen molar-refractivity contribution in [2.45, 2.75) is 32.1 Å². The Hall–Kier alpha value is -5.67. The van der Waals surface area contributed by atoms with Crippen LogP contribution in [0.5, 0.6) is 5.75 Å². The number of rotatable bonds is 4. The highest BCUT2D eigenvalue weighted by atomic mass is 16.5. The molecule has 2 aliphatic rings. The highest BCUT2D eigenvalue weighted by Gasteiger charge is 2.39. The van der Waals surface area contributed by atoms with Gasteiger partial charge in [0, 0.05) is 57.8 Å². The summed E-state index contributed by atoms with van der Waals surface area (Å²) in [6.07, 6.45) is 7.93. The van der Waals surface area contributed by atoms with Crippen molar-refractivity contribution in [3.8, 4) is 16.9 Å². The van der Waals surface area contributed by atoms with Crippen molar-refractivity contribution in [2.75, 3.05) is 4.90 Å². The molecule has 47 heavy (non-hydrogen) atoms. The van der Waals surface area contributed by atoms with E-state index in [1.54, 1.807) is 0 Å². The molecule has 0 saturated heterocycles. The maximum absolute atomic E-state index is 7.12. The molecule has 7 aromatic rings. The second-order valence-electron chi connectivity index (χ2n) is 13.1. The lowest BCUT2D eigenvalue weighted by molar-refractivity contribution is 0.400. The molecule has 1 aromatic heterocycles. The van der Waals surface area contributed by atoms with E-state index < -0.39 is 0 Å². The maximum Gasteiger partial charge on any atom is 0.142 e. The first kappa shape index (κ1) is 27.6. The van der Waals surface area contributed by atoms with E-state index in [2.05, 4.69) is 157 Å². The number of benzene rings is 6. The zero-order valence-corrected chi connectivity index (χ0v) is 26.6. The minimum absolute atomic E-state index is 0.0929. The third-order valence-corrected chi connectivity index (χ3v) is 10.1. The molecule has 9 rings (SSSR count). The maximum atomic E-state index is 7.12. The number of hydrogen-bond acceptors (Lipinski definition) is 3. The van der Waals surface area contributed by atoms with Gasteiger partial charge in [0.05, 0.1) is 5.69 Å². The van der Waals surface area contributed by atoms with Crippen LogP contribution in [-0.2, 0) is 5.41 Å². The van der Waals surface area contributed by atoms with Crippen molar-refractivity contribution in [2.24, 2.45) is 0 Å². The standard InChI is InChI=1S/C44H34N2O/c1-44(2)38-21-10-11-22-40(38)46(30-15-4-3-5-16-30)41-27-31(23-24-39(41)44)47-43-35-19-9-8-18-34(35)42(37-28-45-26-25-36(37)43)33-20-12-14-29-13-6-7-17-32(29)33/h3-22,25-28H,23-24H2,1-2H3. The Morgan fingerprint density at radius 1 is 0.638 bits per heavy atom. The summed E-state index contributed by atoms with van der Waals surface area (Å²) in [6.45, 7) is 4.73. The lowest BCUT2D eigenvalue weighted by atomic mass is 9.70. The Morgan fingerprint density at radius 2 is 1.34 bits per heavy atom. The molecular weight excluding hydrogens is 572 g/mol. The average Bonchev–Trinajstić information content (AvgIpc) is 3.12. The number of pyridine rings is 1. The van der Waals surface area contributed by atoms with Gasteiger partial charge in [-0.05, 0) is 69.1 Å². The van der Waals surface area contributed by atoms with Crippen LogP contribution in [0.15, 0.2) is 163 Å². The van der Waals surface area contributed by atoms with Gasteiger partial charge in [-0.25, -0.2) is 0 Å². The third-order valence-electron chi connectivity index (χ3n) is 10.1. The van der Waals surface area contributed by atoms with Gasteiger partial charge >= 0.3 is 0 Å². The van der Waals surface area contributed by atoms with Crippen molar-refractivity contribution in [1.82, 2.24) is 4.98 Å². The fraction of sp³-hybridized carbons (Fsp3) is 0.114. The molecule has 0 saturated carbocycles. The van der Waals surface area contributed by atoms with Crippen LogP contribution in [0.2, 0.25) is 0 Å². The van der Waals surface area contributed by atoms with Gasteiger partial charge in [0.2, 0.25) is 0 Å². The molecule has 0 N–H and O–H groups in total. The number of hydrogen-bond donors (Lipinski definition) is 0. The van der Waals surface area contributed by atoms with E-state index in [9.17, 15) is 0 Å². The van der Waals surface area contributed by atoms with E-state index in [0.717, 1.165) is 51.6 Å². The monoisotopic (exact) mass is 606 g/mol. The molecule has 1 aliphatic carbocycles. The Morgan fingerprint density at radius 3 is 2.21 bits per heavy atom.